The Morgan fingerprint density at radius 3 is 2.35 bits per heavy atom. The van der Waals surface area contributed by atoms with Crippen LogP contribution >= 0.6 is 24.8 Å². The number of rotatable bonds is 3. The summed E-state index contributed by atoms with van der Waals surface area (Å²) in [6, 6.07) is 5.91. The maximum absolute atomic E-state index is 8.97. The van der Waals surface area contributed by atoms with Crippen molar-refractivity contribution in [2.75, 3.05) is 7.11 Å². The van der Waals surface area contributed by atoms with Crippen LogP contribution in [0.1, 0.15) is 42.9 Å². The van der Waals surface area contributed by atoms with Gasteiger partial charge < -0.3 is 4.74 Å². The standard InChI is InChI=1S/C13H17NO.2ClH/c1-5-9(2)13-10(3)11(8-14)6-7-12(13)15-4;;/h6-7,9H,5H2,1-4H3;2*1H. The Balaban J connectivity index is 0. The highest BCUT2D eigenvalue weighted by atomic mass is 35.5. The second kappa shape index (κ2) is 8.22. The van der Waals surface area contributed by atoms with Gasteiger partial charge in [0.05, 0.1) is 18.7 Å². The fraction of sp³-hybridized carbons (Fsp3) is 0.462. The third-order valence-corrected chi connectivity index (χ3v) is 2.92. The van der Waals surface area contributed by atoms with E-state index in [0.29, 0.717) is 5.92 Å². The maximum atomic E-state index is 8.97. The molecule has 2 nitrogen and oxygen atoms in total. The monoisotopic (exact) mass is 275 g/mol. The molecule has 0 aliphatic heterocycles. The van der Waals surface area contributed by atoms with Crippen molar-refractivity contribution in [1.82, 2.24) is 0 Å². The number of hydrogen-bond donors (Lipinski definition) is 0. The minimum Gasteiger partial charge on any atom is -0.496 e. The van der Waals surface area contributed by atoms with E-state index in [9.17, 15) is 0 Å². The highest BCUT2D eigenvalue weighted by molar-refractivity contribution is 5.85. The third-order valence-electron chi connectivity index (χ3n) is 2.92. The second-order valence-electron chi connectivity index (χ2n) is 3.78. The molecule has 96 valence electrons. The molecule has 0 bridgehead atoms. The lowest BCUT2D eigenvalue weighted by Gasteiger charge is -2.17. The molecule has 0 saturated heterocycles. The van der Waals surface area contributed by atoms with Crippen LogP contribution in [0.15, 0.2) is 12.1 Å². The largest absolute Gasteiger partial charge is 0.496 e. The second-order valence-corrected chi connectivity index (χ2v) is 3.78. The summed E-state index contributed by atoms with van der Waals surface area (Å²) in [5.74, 6) is 1.31. The van der Waals surface area contributed by atoms with Crippen LogP contribution in [0.3, 0.4) is 0 Å². The van der Waals surface area contributed by atoms with Crippen molar-refractivity contribution in [3.8, 4) is 11.8 Å². The zero-order valence-corrected chi connectivity index (χ0v) is 12.2. The van der Waals surface area contributed by atoms with Crippen molar-refractivity contribution in [3.63, 3.8) is 0 Å². The molecule has 1 aromatic rings. The first-order chi connectivity index (χ1) is 7.15. The molecule has 1 unspecified atom stereocenters. The number of nitrogens with zero attached hydrogens (tertiary/aromatic N) is 1. The van der Waals surface area contributed by atoms with Crippen LogP contribution in [0.2, 0.25) is 0 Å². The molecule has 1 atom stereocenters. The minimum absolute atomic E-state index is 0. The van der Waals surface area contributed by atoms with Crippen molar-refractivity contribution in [3.05, 3.63) is 28.8 Å². The Hall–Kier alpha value is -0.910. The number of halogens is 2. The van der Waals surface area contributed by atoms with E-state index in [-0.39, 0.29) is 24.8 Å². The number of methoxy groups -OCH3 is 1. The molecule has 4 heteroatoms. The molecular weight excluding hydrogens is 257 g/mol. The summed E-state index contributed by atoms with van der Waals surface area (Å²) in [6.07, 6.45) is 1.05. The zero-order chi connectivity index (χ0) is 11.4. The molecule has 0 amide bonds. The Kier molecular flexibility index (Phi) is 8.92. The molecule has 0 aliphatic carbocycles. The van der Waals surface area contributed by atoms with Gasteiger partial charge in [0.2, 0.25) is 0 Å². The summed E-state index contributed by atoms with van der Waals surface area (Å²) in [4.78, 5) is 0. The molecule has 1 aromatic carbocycles. The van der Waals surface area contributed by atoms with Gasteiger partial charge in [-0.05, 0) is 37.0 Å². The molecule has 17 heavy (non-hydrogen) atoms. The maximum Gasteiger partial charge on any atom is 0.122 e. The molecule has 0 aromatic heterocycles. The summed E-state index contributed by atoms with van der Waals surface area (Å²) >= 11 is 0. The van der Waals surface area contributed by atoms with Gasteiger partial charge in [0.1, 0.15) is 5.75 Å². The van der Waals surface area contributed by atoms with E-state index in [1.54, 1.807) is 7.11 Å². The molecular formula is C13H19Cl2NO. The number of hydrogen-bond acceptors (Lipinski definition) is 2. The summed E-state index contributed by atoms with van der Waals surface area (Å²) in [6.45, 7) is 6.29. The first-order valence-corrected chi connectivity index (χ1v) is 5.23. The molecule has 0 aliphatic rings. The van der Waals surface area contributed by atoms with Crippen LogP contribution in [0, 0.1) is 18.3 Å². The Morgan fingerprint density at radius 1 is 1.35 bits per heavy atom. The fourth-order valence-corrected chi connectivity index (χ4v) is 1.82. The highest BCUT2D eigenvalue weighted by Gasteiger charge is 2.15. The van der Waals surface area contributed by atoms with Crippen LogP contribution in [0.4, 0.5) is 0 Å². The third kappa shape index (κ3) is 3.80. The van der Waals surface area contributed by atoms with Crippen LogP contribution in [0.5, 0.6) is 5.75 Å². The Labute approximate surface area is 116 Å². The van der Waals surface area contributed by atoms with Crippen molar-refractivity contribution in [2.45, 2.75) is 33.1 Å². The van der Waals surface area contributed by atoms with Gasteiger partial charge in [0.25, 0.3) is 0 Å². The molecule has 0 N–H and O–H groups in total. The lowest BCUT2D eigenvalue weighted by atomic mass is 9.91. The minimum atomic E-state index is 0. The van der Waals surface area contributed by atoms with Gasteiger partial charge in [-0.2, -0.15) is 5.26 Å². The molecule has 0 radical (unpaired) electrons. The highest BCUT2D eigenvalue weighted by Crippen LogP contribution is 2.33. The van der Waals surface area contributed by atoms with E-state index >= 15 is 0 Å². The molecule has 0 spiro atoms. The van der Waals surface area contributed by atoms with E-state index in [2.05, 4.69) is 19.9 Å². The number of benzene rings is 1. The van der Waals surface area contributed by atoms with Crippen molar-refractivity contribution >= 4 is 24.8 Å². The van der Waals surface area contributed by atoms with Crippen LogP contribution in [-0.4, -0.2) is 7.11 Å². The van der Waals surface area contributed by atoms with E-state index in [0.717, 1.165) is 23.3 Å². The Morgan fingerprint density at radius 2 is 1.94 bits per heavy atom. The van der Waals surface area contributed by atoms with Crippen LogP contribution in [0.25, 0.3) is 0 Å². The van der Waals surface area contributed by atoms with Gasteiger partial charge in [0, 0.05) is 5.56 Å². The SMILES string of the molecule is CCC(C)c1c(OC)ccc(C#N)c1C.Cl.Cl. The van der Waals surface area contributed by atoms with Gasteiger partial charge in [-0.15, -0.1) is 24.8 Å². The lowest BCUT2D eigenvalue weighted by molar-refractivity contribution is 0.405. The average molecular weight is 276 g/mol. The Bertz CT molecular complexity index is 399. The summed E-state index contributed by atoms with van der Waals surface area (Å²) in [7, 11) is 1.67. The molecule has 0 saturated carbocycles. The summed E-state index contributed by atoms with van der Waals surface area (Å²) in [5.41, 5.74) is 2.95. The van der Waals surface area contributed by atoms with Crippen molar-refractivity contribution < 1.29 is 4.74 Å². The lowest BCUT2D eigenvalue weighted by Crippen LogP contribution is -2.01. The van der Waals surface area contributed by atoms with E-state index < -0.39 is 0 Å². The first kappa shape index (κ1) is 18.5. The zero-order valence-electron chi connectivity index (χ0n) is 10.6. The quantitative estimate of drug-likeness (QED) is 0.827. The topological polar surface area (TPSA) is 33.0 Å². The van der Waals surface area contributed by atoms with Gasteiger partial charge in [-0.25, -0.2) is 0 Å². The van der Waals surface area contributed by atoms with Gasteiger partial charge in [0.15, 0.2) is 0 Å². The van der Waals surface area contributed by atoms with Crippen molar-refractivity contribution in [1.29, 1.82) is 5.26 Å². The van der Waals surface area contributed by atoms with Crippen LogP contribution < -0.4 is 4.74 Å². The molecule has 0 heterocycles. The number of nitriles is 1. The van der Waals surface area contributed by atoms with Gasteiger partial charge in [-0.3, -0.25) is 0 Å². The summed E-state index contributed by atoms with van der Waals surface area (Å²) in [5, 5.41) is 8.97. The predicted molar refractivity (Wildman–Crippen MR) is 75.6 cm³/mol. The fourth-order valence-electron chi connectivity index (χ4n) is 1.82. The number of ether oxygens (including phenoxy) is 1. The van der Waals surface area contributed by atoms with Gasteiger partial charge in [-0.1, -0.05) is 13.8 Å². The average Bonchev–Trinajstić information content (AvgIpc) is 2.27. The first-order valence-electron chi connectivity index (χ1n) is 5.23. The summed E-state index contributed by atoms with van der Waals surface area (Å²) < 4.78 is 5.34. The van der Waals surface area contributed by atoms with Crippen molar-refractivity contribution in [2.24, 2.45) is 0 Å². The van der Waals surface area contributed by atoms with E-state index in [4.69, 9.17) is 10.00 Å². The van der Waals surface area contributed by atoms with E-state index in [1.165, 1.54) is 5.56 Å². The van der Waals surface area contributed by atoms with E-state index in [1.807, 2.05) is 19.1 Å². The smallest absolute Gasteiger partial charge is 0.122 e. The molecule has 0 fully saturated rings. The molecule has 1 rings (SSSR count). The predicted octanol–water partition coefficient (Wildman–Crippen LogP) is 4.23. The normalized spacial score (nSPS) is 10.5. The van der Waals surface area contributed by atoms with Gasteiger partial charge >= 0.3 is 0 Å². The van der Waals surface area contributed by atoms with Crippen LogP contribution in [-0.2, 0) is 0 Å².